The fraction of sp³-hybridized carbons (Fsp3) is 0. The minimum absolute atomic E-state index is 0.0327. The normalized spacial score (nSPS) is 12.9. The quantitative estimate of drug-likeness (QED) is 0.426. The van der Waals surface area contributed by atoms with Crippen molar-refractivity contribution >= 4 is 11.4 Å². The van der Waals surface area contributed by atoms with Crippen molar-refractivity contribution in [3.05, 3.63) is 34.7 Å². The van der Waals surface area contributed by atoms with E-state index in [2.05, 4.69) is 10.6 Å². The fourth-order valence-corrected chi connectivity index (χ4v) is 0.811. The molecule has 0 aromatic heterocycles. The molecule has 8 heteroatoms. The maximum absolute atomic E-state index is 10.7. The molecule has 14 heavy (non-hydrogen) atoms. The van der Waals surface area contributed by atoms with Gasteiger partial charge in [0.2, 0.25) is 21.9 Å². The smallest absolute Gasteiger partial charge is 0.248 e. The number of hydrogen-bond donors (Lipinski definition) is 2. The minimum atomic E-state index is -0.0327. The Morgan fingerprint density at radius 1 is 0.857 bits per heavy atom. The van der Waals surface area contributed by atoms with Crippen LogP contribution in [0.1, 0.15) is 0 Å². The lowest BCUT2D eigenvalue weighted by Gasteiger charge is -1.97. The SMILES string of the molecule is [O-]/[N+](=N\O)c1ccc(/[N+]([O-])=N\O)cc1. The van der Waals surface area contributed by atoms with Gasteiger partial charge in [-0.2, -0.15) is 0 Å². The van der Waals surface area contributed by atoms with Crippen LogP contribution >= 0.6 is 0 Å². The maximum atomic E-state index is 10.7. The van der Waals surface area contributed by atoms with Crippen molar-refractivity contribution in [3.63, 3.8) is 0 Å². The summed E-state index contributed by atoms with van der Waals surface area (Å²) in [5.74, 6) is 0. The summed E-state index contributed by atoms with van der Waals surface area (Å²) in [4.78, 5) is -0.0655. The Morgan fingerprint density at radius 3 is 1.36 bits per heavy atom. The van der Waals surface area contributed by atoms with Crippen LogP contribution in [0.4, 0.5) is 11.4 Å². The van der Waals surface area contributed by atoms with Crippen LogP contribution in [0.25, 0.3) is 0 Å². The van der Waals surface area contributed by atoms with Gasteiger partial charge in [-0.3, -0.25) is 0 Å². The summed E-state index contributed by atoms with van der Waals surface area (Å²) in [5.41, 5.74) is 0.0881. The van der Waals surface area contributed by atoms with Crippen molar-refractivity contribution in [3.8, 4) is 0 Å². The lowest BCUT2D eigenvalue weighted by atomic mass is 10.3. The van der Waals surface area contributed by atoms with Gasteiger partial charge in [0, 0.05) is 24.3 Å². The third-order valence-corrected chi connectivity index (χ3v) is 1.45. The molecular weight excluding hydrogens is 192 g/mol. The number of nitrogens with zero attached hydrogens (tertiary/aromatic N) is 4. The molecule has 0 radical (unpaired) electrons. The van der Waals surface area contributed by atoms with Crippen LogP contribution in [0.3, 0.4) is 0 Å². The van der Waals surface area contributed by atoms with Crippen LogP contribution in [0.2, 0.25) is 0 Å². The van der Waals surface area contributed by atoms with Gasteiger partial charge in [-0.05, 0) is 9.72 Å². The second-order valence-corrected chi connectivity index (χ2v) is 2.24. The predicted molar refractivity (Wildman–Crippen MR) is 41.4 cm³/mol. The molecule has 8 nitrogen and oxygen atoms in total. The summed E-state index contributed by atoms with van der Waals surface area (Å²) in [6.45, 7) is 0. The second kappa shape index (κ2) is 4.03. The molecular formula is C6H6N4O4. The maximum Gasteiger partial charge on any atom is 0.248 e. The van der Waals surface area contributed by atoms with Gasteiger partial charge in [0.1, 0.15) is 0 Å². The van der Waals surface area contributed by atoms with Gasteiger partial charge in [0.05, 0.1) is 0 Å². The molecule has 0 saturated heterocycles. The third-order valence-electron chi connectivity index (χ3n) is 1.45. The van der Waals surface area contributed by atoms with Gasteiger partial charge in [-0.15, -0.1) is 0 Å². The third kappa shape index (κ3) is 1.86. The summed E-state index contributed by atoms with van der Waals surface area (Å²) < 4.78 is 0. The Kier molecular flexibility index (Phi) is 2.79. The molecule has 0 atom stereocenters. The molecule has 0 saturated carbocycles. The Morgan fingerprint density at radius 2 is 1.14 bits per heavy atom. The zero-order chi connectivity index (χ0) is 10.6. The molecule has 0 spiro atoms. The average molecular weight is 198 g/mol. The van der Waals surface area contributed by atoms with Crippen molar-refractivity contribution in [2.24, 2.45) is 10.6 Å². The molecule has 0 unspecified atom stereocenters. The molecule has 0 aliphatic rings. The molecule has 0 bridgehead atoms. The zero-order valence-electron chi connectivity index (χ0n) is 6.81. The van der Waals surface area contributed by atoms with E-state index in [1.54, 1.807) is 0 Å². The summed E-state index contributed by atoms with van der Waals surface area (Å²) in [6.07, 6.45) is 0. The summed E-state index contributed by atoms with van der Waals surface area (Å²) >= 11 is 0. The largest absolute Gasteiger partial charge is 0.592 e. The first kappa shape index (κ1) is 9.71. The van der Waals surface area contributed by atoms with Gasteiger partial charge in [0.25, 0.3) is 0 Å². The van der Waals surface area contributed by atoms with Crippen LogP contribution in [0.5, 0.6) is 0 Å². The molecule has 1 rings (SSSR count). The second-order valence-electron chi connectivity index (χ2n) is 2.24. The standard InChI is InChI=1S/C6H6N4O4/c11-7-9(13)5-1-2-6(4-3-5)10(14)8-12/h1-4,11-12H/b9-7-,10-8+. The van der Waals surface area contributed by atoms with Crippen LogP contribution in [-0.2, 0) is 0 Å². The first-order valence-electron chi connectivity index (χ1n) is 3.43. The van der Waals surface area contributed by atoms with Crippen molar-refractivity contribution in [2.75, 3.05) is 0 Å². The van der Waals surface area contributed by atoms with Crippen LogP contribution in [-0.4, -0.2) is 20.1 Å². The predicted octanol–water partition coefficient (Wildman–Crippen LogP) is 1.65. The monoisotopic (exact) mass is 198 g/mol. The Labute approximate surface area is 77.7 Å². The van der Waals surface area contributed by atoms with Crippen molar-refractivity contribution in [2.45, 2.75) is 0 Å². The van der Waals surface area contributed by atoms with E-state index in [0.717, 1.165) is 0 Å². The van der Waals surface area contributed by atoms with Crippen LogP contribution in [0, 0.1) is 10.4 Å². The summed E-state index contributed by atoms with van der Waals surface area (Å²) in [6, 6.07) is 4.94. The molecule has 74 valence electrons. The lowest BCUT2D eigenvalue weighted by Crippen LogP contribution is -1.93. The van der Waals surface area contributed by atoms with E-state index in [1.807, 2.05) is 0 Å². The van der Waals surface area contributed by atoms with Crippen molar-refractivity contribution in [1.82, 2.24) is 0 Å². The Bertz CT molecular complexity index is 335. The number of rotatable bonds is 2. The van der Waals surface area contributed by atoms with E-state index in [4.69, 9.17) is 10.4 Å². The van der Waals surface area contributed by atoms with E-state index in [0.29, 0.717) is 0 Å². The zero-order valence-corrected chi connectivity index (χ0v) is 6.81. The topological polar surface area (TPSA) is 117 Å². The van der Waals surface area contributed by atoms with E-state index in [1.165, 1.54) is 24.3 Å². The highest BCUT2D eigenvalue weighted by Gasteiger charge is 2.07. The molecule has 0 aliphatic carbocycles. The summed E-state index contributed by atoms with van der Waals surface area (Å²) in [7, 11) is 0. The molecule has 1 aromatic carbocycles. The number of benzene rings is 1. The van der Waals surface area contributed by atoms with Gasteiger partial charge >= 0.3 is 0 Å². The number of hydrogen-bond acceptors (Lipinski definition) is 4. The molecule has 2 N–H and O–H groups in total. The highest BCUT2D eigenvalue weighted by Crippen LogP contribution is 2.17. The van der Waals surface area contributed by atoms with Crippen LogP contribution < -0.4 is 0 Å². The van der Waals surface area contributed by atoms with Crippen LogP contribution in [0.15, 0.2) is 34.8 Å². The average Bonchev–Trinajstić information content (AvgIpc) is 2.27. The molecule has 1 aromatic rings. The van der Waals surface area contributed by atoms with Gasteiger partial charge in [-0.25, -0.2) is 0 Å². The van der Waals surface area contributed by atoms with E-state index < -0.39 is 0 Å². The first-order chi connectivity index (χ1) is 6.69. The Balaban J connectivity index is 3.01. The molecule has 0 heterocycles. The van der Waals surface area contributed by atoms with Gasteiger partial charge in [-0.1, -0.05) is 0 Å². The fourth-order valence-electron chi connectivity index (χ4n) is 0.811. The minimum Gasteiger partial charge on any atom is -0.592 e. The van der Waals surface area contributed by atoms with Gasteiger partial charge < -0.3 is 20.8 Å². The van der Waals surface area contributed by atoms with Gasteiger partial charge in [0.15, 0.2) is 0 Å². The van der Waals surface area contributed by atoms with E-state index in [9.17, 15) is 10.4 Å². The highest BCUT2D eigenvalue weighted by molar-refractivity contribution is 5.39. The molecule has 0 amide bonds. The summed E-state index contributed by atoms with van der Waals surface area (Å²) in [5, 5.41) is 42.4. The lowest BCUT2D eigenvalue weighted by molar-refractivity contribution is -0.477. The van der Waals surface area contributed by atoms with Crippen molar-refractivity contribution < 1.29 is 20.1 Å². The van der Waals surface area contributed by atoms with Crippen molar-refractivity contribution in [1.29, 1.82) is 0 Å². The molecule has 0 fully saturated rings. The Hall–Kier alpha value is -2.38. The van der Waals surface area contributed by atoms with E-state index >= 15 is 0 Å². The molecule has 0 aliphatic heterocycles. The highest BCUT2D eigenvalue weighted by atomic mass is 16.6. The van der Waals surface area contributed by atoms with E-state index in [-0.39, 0.29) is 21.1 Å². The first-order valence-corrected chi connectivity index (χ1v) is 3.43.